The lowest BCUT2D eigenvalue weighted by atomic mass is 10.0. The van der Waals surface area contributed by atoms with Crippen LogP contribution in [0.1, 0.15) is 53.3 Å². The molecule has 8 nitrogen and oxygen atoms in total. The van der Waals surface area contributed by atoms with Crippen LogP contribution in [0.15, 0.2) is 24.3 Å². The molecule has 0 unspecified atom stereocenters. The number of carbonyl (C=O) groups is 3. The lowest BCUT2D eigenvalue weighted by molar-refractivity contribution is 0.0507. The minimum absolute atomic E-state index is 0.00174. The molecule has 0 saturated carbocycles. The molecular weight excluding hydrogens is 332 g/mol. The minimum atomic E-state index is -1.71. The van der Waals surface area contributed by atoms with E-state index in [1.807, 2.05) is 0 Å². The number of aliphatic hydroxyl groups excluding tert-OH is 2. The number of rotatable bonds is 8. The number of aliphatic hydroxyl groups is 2. The lowest BCUT2D eigenvalue weighted by Crippen LogP contribution is -2.10. The van der Waals surface area contributed by atoms with Crippen molar-refractivity contribution in [2.24, 2.45) is 5.92 Å². The van der Waals surface area contributed by atoms with Gasteiger partial charge in [0, 0.05) is 19.1 Å². The van der Waals surface area contributed by atoms with E-state index >= 15 is 0 Å². The first-order valence-electron chi connectivity index (χ1n) is 7.85. The van der Waals surface area contributed by atoms with E-state index in [0.29, 0.717) is 0 Å². The topological polar surface area (TPSA) is 141 Å². The van der Waals surface area contributed by atoms with Crippen LogP contribution in [-0.4, -0.2) is 51.7 Å². The van der Waals surface area contributed by atoms with Gasteiger partial charge in [-0.2, -0.15) is 0 Å². The predicted molar refractivity (Wildman–Crippen MR) is 88.6 cm³/mol. The molecule has 0 saturated heterocycles. The molecule has 8 heteroatoms. The molecule has 1 rings (SSSR count). The summed E-state index contributed by atoms with van der Waals surface area (Å²) in [6, 6.07) is 4.71. The van der Waals surface area contributed by atoms with Crippen LogP contribution >= 0.6 is 0 Å². The number of ether oxygens (including phenoxy) is 1. The number of benzene rings is 1. The second-order valence-corrected chi connectivity index (χ2v) is 5.26. The molecule has 0 fully saturated rings. The highest BCUT2D eigenvalue weighted by molar-refractivity contribution is 5.96. The third-order valence-corrected chi connectivity index (χ3v) is 3.28. The van der Waals surface area contributed by atoms with Gasteiger partial charge in [-0.3, -0.25) is 0 Å². The number of carboxylic acids is 1. The first kappa shape index (κ1) is 22.6. The van der Waals surface area contributed by atoms with Gasteiger partial charge < -0.3 is 25.2 Å². The highest BCUT2D eigenvalue weighted by atomic mass is 16.7. The molecule has 0 aliphatic carbocycles. The summed E-state index contributed by atoms with van der Waals surface area (Å²) in [6.45, 7) is 2.40. The Hall–Kier alpha value is -2.45. The summed E-state index contributed by atoms with van der Waals surface area (Å²) in [6.07, 6.45) is 2.78. The van der Waals surface area contributed by atoms with Gasteiger partial charge in [0.15, 0.2) is 0 Å². The maximum absolute atomic E-state index is 11.0. The van der Waals surface area contributed by atoms with Crippen LogP contribution in [-0.2, 0) is 4.74 Å². The number of hydrogen-bond acceptors (Lipinski definition) is 6. The maximum Gasteiger partial charge on any atom is 0.513 e. The van der Waals surface area contributed by atoms with Crippen molar-refractivity contribution in [2.75, 3.05) is 13.2 Å². The number of carbonyl (C=O) groups excluding carboxylic acids is 1. The second kappa shape index (κ2) is 12.9. The van der Waals surface area contributed by atoms with E-state index in [0.717, 1.165) is 12.8 Å². The fraction of sp³-hybridized carbons (Fsp3) is 0.471. The number of hydrogen-bond donors (Lipinski definition) is 4. The van der Waals surface area contributed by atoms with Gasteiger partial charge in [0.1, 0.15) is 0 Å². The Kier molecular flexibility index (Phi) is 11.6. The van der Waals surface area contributed by atoms with Crippen molar-refractivity contribution in [3.8, 4) is 0 Å². The monoisotopic (exact) mass is 356 g/mol. The molecule has 0 radical (unpaired) electrons. The van der Waals surface area contributed by atoms with Gasteiger partial charge in [-0.25, -0.2) is 14.4 Å². The third kappa shape index (κ3) is 10.1. The normalized spacial score (nSPS) is 9.92. The van der Waals surface area contributed by atoms with Gasteiger partial charge in [0.05, 0.1) is 11.1 Å². The first-order valence-corrected chi connectivity index (χ1v) is 7.85. The van der Waals surface area contributed by atoms with E-state index in [2.05, 4.69) is 11.7 Å². The van der Waals surface area contributed by atoms with E-state index in [9.17, 15) is 14.4 Å². The Bertz CT molecular complexity index is 534. The standard InChI is InChI=1S/C9H6O6.C8H18O2/c10-7(11)5-1-3-6(4-2-5)8(12)15-9(13)14;1-2-3-4-5-8(6-9)7-10/h1-4H,(H,10,11)(H,13,14);8-10H,2-7H2,1H3. The van der Waals surface area contributed by atoms with Crippen molar-refractivity contribution in [2.45, 2.75) is 32.6 Å². The molecule has 25 heavy (non-hydrogen) atoms. The van der Waals surface area contributed by atoms with Crippen molar-refractivity contribution >= 4 is 18.1 Å². The zero-order valence-corrected chi connectivity index (χ0v) is 14.1. The summed E-state index contributed by atoms with van der Waals surface area (Å²) in [4.78, 5) is 31.5. The fourth-order valence-corrected chi connectivity index (χ4v) is 1.81. The lowest BCUT2D eigenvalue weighted by Gasteiger charge is -2.08. The molecule has 0 heterocycles. The fourth-order valence-electron chi connectivity index (χ4n) is 1.81. The molecule has 1 aromatic carbocycles. The van der Waals surface area contributed by atoms with Crippen LogP contribution < -0.4 is 0 Å². The highest BCUT2D eigenvalue weighted by Crippen LogP contribution is 2.08. The van der Waals surface area contributed by atoms with Gasteiger partial charge >= 0.3 is 18.1 Å². The Morgan fingerprint density at radius 3 is 1.88 bits per heavy atom. The summed E-state index contributed by atoms with van der Waals surface area (Å²) in [5.74, 6) is -2.06. The van der Waals surface area contributed by atoms with E-state index in [-0.39, 0.29) is 30.3 Å². The predicted octanol–water partition coefficient (Wildman–Crippen LogP) is 2.39. The van der Waals surface area contributed by atoms with Crippen LogP contribution in [0.3, 0.4) is 0 Å². The molecule has 0 aliphatic rings. The SMILES string of the molecule is CCCCCC(CO)CO.O=C(O)OC(=O)c1ccc(C(=O)O)cc1. The van der Waals surface area contributed by atoms with Crippen LogP contribution in [0.4, 0.5) is 4.79 Å². The Morgan fingerprint density at radius 2 is 1.48 bits per heavy atom. The van der Waals surface area contributed by atoms with Crippen LogP contribution in [0.2, 0.25) is 0 Å². The molecular formula is C17H24O8. The van der Waals surface area contributed by atoms with Crippen LogP contribution in [0.25, 0.3) is 0 Å². The average Bonchev–Trinajstić information content (AvgIpc) is 2.59. The summed E-state index contributed by atoms with van der Waals surface area (Å²) in [5, 5.41) is 34.0. The molecule has 140 valence electrons. The molecule has 0 aliphatic heterocycles. The number of aromatic carboxylic acids is 1. The molecule has 0 aromatic heterocycles. The van der Waals surface area contributed by atoms with Gasteiger partial charge in [-0.05, 0) is 30.7 Å². The first-order chi connectivity index (χ1) is 11.8. The summed E-state index contributed by atoms with van der Waals surface area (Å²) >= 11 is 0. The Labute approximate surface area is 145 Å². The molecule has 4 N–H and O–H groups in total. The highest BCUT2D eigenvalue weighted by Gasteiger charge is 2.12. The van der Waals surface area contributed by atoms with Crippen LogP contribution in [0.5, 0.6) is 0 Å². The van der Waals surface area contributed by atoms with Crippen molar-refractivity contribution < 1.29 is 39.5 Å². The molecule has 0 amide bonds. The number of carboxylic acid groups (broad SMARTS) is 2. The minimum Gasteiger partial charge on any atom is -0.478 e. The van der Waals surface area contributed by atoms with Crippen molar-refractivity contribution in [3.63, 3.8) is 0 Å². The molecule has 0 atom stereocenters. The van der Waals surface area contributed by atoms with Gasteiger partial charge in [0.25, 0.3) is 0 Å². The maximum atomic E-state index is 11.0. The molecule has 0 spiro atoms. The molecule has 0 bridgehead atoms. The smallest absolute Gasteiger partial charge is 0.478 e. The van der Waals surface area contributed by atoms with E-state index in [1.54, 1.807) is 0 Å². The van der Waals surface area contributed by atoms with E-state index < -0.39 is 18.1 Å². The van der Waals surface area contributed by atoms with Gasteiger partial charge in [-0.15, -0.1) is 0 Å². The largest absolute Gasteiger partial charge is 0.513 e. The summed E-state index contributed by atoms with van der Waals surface area (Å²) < 4.78 is 3.87. The number of esters is 1. The van der Waals surface area contributed by atoms with Crippen LogP contribution in [0, 0.1) is 5.92 Å². The average molecular weight is 356 g/mol. The molecule has 1 aromatic rings. The zero-order valence-electron chi connectivity index (χ0n) is 14.1. The number of unbranched alkanes of at least 4 members (excludes halogenated alkanes) is 2. The van der Waals surface area contributed by atoms with E-state index in [1.165, 1.54) is 37.1 Å². The quantitative estimate of drug-likeness (QED) is 0.316. The Morgan fingerprint density at radius 1 is 0.960 bits per heavy atom. The van der Waals surface area contributed by atoms with Crippen molar-refractivity contribution in [1.82, 2.24) is 0 Å². The van der Waals surface area contributed by atoms with E-state index in [4.69, 9.17) is 20.4 Å². The van der Waals surface area contributed by atoms with Crippen molar-refractivity contribution in [3.05, 3.63) is 35.4 Å². The summed E-state index contributed by atoms with van der Waals surface area (Å²) in [5.41, 5.74) is -0.0238. The summed E-state index contributed by atoms with van der Waals surface area (Å²) in [7, 11) is 0. The third-order valence-electron chi connectivity index (χ3n) is 3.28. The van der Waals surface area contributed by atoms with Gasteiger partial charge in [0.2, 0.25) is 0 Å². The zero-order chi connectivity index (χ0) is 19.2. The van der Waals surface area contributed by atoms with Crippen molar-refractivity contribution in [1.29, 1.82) is 0 Å². The van der Waals surface area contributed by atoms with Gasteiger partial charge in [-0.1, -0.05) is 26.2 Å². The Balaban J connectivity index is 0.000000504. The second-order valence-electron chi connectivity index (χ2n) is 5.26.